The molecule has 164 valence electrons. The average Bonchev–Trinajstić information content (AvgIpc) is 3.25. The molecule has 0 radical (unpaired) electrons. The van der Waals surface area contributed by atoms with Gasteiger partial charge in [-0.1, -0.05) is 12.1 Å². The number of rotatable bonds is 6. The monoisotopic (exact) mass is 431 g/mol. The van der Waals surface area contributed by atoms with Crippen LogP contribution in [0.15, 0.2) is 54.9 Å². The van der Waals surface area contributed by atoms with Gasteiger partial charge in [0.1, 0.15) is 11.5 Å². The third-order valence-corrected chi connectivity index (χ3v) is 5.48. The van der Waals surface area contributed by atoms with E-state index in [2.05, 4.69) is 15.3 Å². The number of anilines is 4. The maximum atomic E-state index is 11.9. The second kappa shape index (κ2) is 9.05. The van der Waals surface area contributed by atoms with Crippen LogP contribution in [0.5, 0.6) is 5.88 Å². The summed E-state index contributed by atoms with van der Waals surface area (Å²) in [5.74, 6) is 1.08. The Kier molecular flexibility index (Phi) is 6.02. The lowest BCUT2D eigenvalue weighted by Crippen LogP contribution is -2.23. The van der Waals surface area contributed by atoms with Crippen molar-refractivity contribution >= 4 is 34.7 Å². The van der Waals surface area contributed by atoms with E-state index in [1.807, 2.05) is 41.3 Å². The molecule has 1 aliphatic heterocycles. The Hall–Kier alpha value is -3.94. The van der Waals surface area contributed by atoms with E-state index < -0.39 is 0 Å². The summed E-state index contributed by atoms with van der Waals surface area (Å²) in [7, 11) is 3.19. The van der Waals surface area contributed by atoms with Gasteiger partial charge < -0.3 is 19.9 Å². The third kappa shape index (κ3) is 4.39. The summed E-state index contributed by atoms with van der Waals surface area (Å²) in [6.07, 6.45) is 4.95. The maximum Gasteiger partial charge on any atom is 0.237 e. The number of benzene rings is 1. The summed E-state index contributed by atoms with van der Waals surface area (Å²) in [6, 6.07) is 13.6. The Morgan fingerprint density at radius 3 is 2.44 bits per heavy atom. The van der Waals surface area contributed by atoms with Crippen LogP contribution in [-0.4, -0.2) is 42.5 Å². The van der Waals surface area contributed by atoms with E-state index in [4.69, 9.17) is 4.74 Å². The smallest absolute Gasteiger partial charge is 0.237 e. The molecule has 3 heterocycles. The standard InChI is InChI=1S/C24H25N5O3/c1-16(30)28(2)21-13-19(15-26-24(21)32-3)27-22-11-8-18(14-25-22)17-6-9-20(10-7-17)29-12-4-5-23(29)31/h6-11,13-15H,4-5,12H2,1-3H3,(H,25,27). The first-order valence-electron chi connectivity index (χ1n) is 10.4. The number of aromatic nitrogens is 2. The van der Waals surface area contributed by atoms with Crippen molar-refractivity contribution in [2.24, 2.45) is 0 Å². The van der Waals surface area contributed by atoms with Crippen LogP contribution >= 0.6 is 0 Å². The van der Waals surface area contributed by atoms with Crippen LogP contribution in [-0.2, 0) is 9.59 Å². The topological polar surface area (TPSA) is 87.7 Å². The third-order valence-electron chi connectivity index (χ3n) is 5.48. The van der Waals surface area contributed by atoms with Gasteiger partial charge in [-0.3, -0.25) is 9.59 Å². The molecule has 0 atom stereocenters. The highest BCUT2D eigenvalue weighted by atomic mass is 16.5. The SMILES string of the molecule is COc1ncc(Nc2ccc(-c3ccc(N4CCCC4=O)cc3)cn2)cc1N(C)C(C)=O. The van der Waals surface area contributed by atoms with Crippen LogP contribution in [0, 0.1) is 0 Å². The van der Waals surface area contributed by atoms with Gasteiger partial charge in [0, 0.05) is 44.4 Å². The highest BCUT2D eigenvalue weighted by molar-refractivity contribution is 5.95. The molecule has 2 amide bonds. The molecule has 32 heavy (non-hydrogen) atoms. The Labute approximate surface area is 186 Å². The summed E-state index contributed by atoms with van der Waals surface area (Å²) in [6.45, 7) is 2.26. The van der Waals surface area contributed by atoms with E-state index >= 15 is 0 Å². The first-order valence-corrected chi connectivity index (χ1v) is 10.4. The predicted octanol–water partition coefficient (Wildman–Crippen LogP) is 4.01. The van der Waals surface area contributed by atoms with E-state index in [1.54, 1.807) is 25.5 Å². The largest absolute Gasteiger partial charge is 0.480 e. The second-order valence-corrected chi connectivity index (χ2v) is 7.58. The molecule has 1 aromatic carbocycles. The molecule has 0 aliphatic carbocycles. The minimum atomic E-state index is -0.121. The molecule has 0 saturated carbocycles. The number of hydrogen-bond donors (Lipinski definition) is 1. The summed E-state index contributed by atoms with van der Waals surface area (Å²) in [5.41, 5.74) is 4.18. The van der Waals surface area contributed by atoms with Gasteiger partial charge in [0.15, 0.2) is 0 Å². The molecular weight excluding hydrogens is 406 g/mol. The highest BCUT2D eigenvalue weighted by Gasteiger charge is 2.21. The zero-order chi connectivity index (χ0) is 22.7. The molecule has 1 aliphatic rings. The molecule has 1 saturated heterocycles. The molecule has 0 unspecified atom stereocenters. The van der Waals surface area contributed by atoms with Crippen molar-refractivity contribution in [3.63, 3.8) is 0 Å². The fraction of sp³-hybridized carbons (Fsp3) is 0.250. The van der Waals surface area contributed by atoms with Gasteiger partial charge in [-0.15, -0.1) is 0 Å². The molecule has 8 nitrogen and oxygen atoms in total. The van der Waals surface area contributed by atoms with Crippen molar-refractivity contribution in [1.82, 2.24) is 9.97 Å². The number of carbonyl (C=O) groups is 2. The number of amides is 2. The highest BCUT2D eigenvalue weighted by Crippen LogP contribution is 2.30. The molecule has 1 fully saturated rings. The van der Waals surface area contributed by atoms with Gasteiger partial charge in [0.25, 0.3) is 0 Å². The Morgan fingerprint density at radius 1 is 1.09 bits per heavy atom. The van der Waals surface area contributed by atoms with Crippen molar-refractivity contribution in [2.75, 3.05) is 35.8 Å². The van der Waals surface area contributed by atoms with Crippen molar-refractivity contribution in [3.05, 3.63) is 54.9 Å². The molecule has 4 rings (SSSR count). The van der Waals surface area contributed by atoms with Gasteiger partial charge in [-0.25, -0.2) is 9.97 Å². The number of pyridine rings is 2. The molecule has 8 heteroatoms. The van der Waals surface area contributed by atoms with Crippen LogP contribution < -0.4 is 19.9 Å². The zero-order valence-electron chi connectivity index (χ0n) is 18.3. The molecular formula is C24H25N5O3. The van der Waals surface area contributed by atoms with Crippen LogP contribution in [0.25, 0.3) is 11.1 Å². The van der Waals surface area contributed by atoms with E-state index in [-0.39, 0.29) is 11.8 Å². The molecule has 0 spiro atoms. The number of hydrogen-bond acceptors (Lipinski definition) is 6. The van der Waals surface area contributed by atoms with Crippen LogP contribution in [0.1, 0.15) is 19.8 Å². The minimum absolute atomic E-state index is 0.121. The molecule has 0 bridgehead atoms. The van der Waals surface area contributed by atoms with Crippen LogP contribution in [0.3, 0.4) is 0 Å². The Bertz CT molecular complexity index is 1130. The summed E-state index contributed by atoms with van der Waals surface area (Å²) >= 11 is 0. The Morgan fingerprint density at radius 2 is 1.84 bits per heavy atom. The lowest BCUT2D eigenvalue weighted by atomic mass is 10.1. The minimum Gasteiger partial charge on any atom is -0.480 e. The number of nitrogens with zero attached hydrogens (tertiary/aromatic N) is 4. The molecule has 1 N–H and O–H groups in total. The van der Waals surface area contributed by atoms with Crippen molar-refractivity contribution in [2.45, 2.75) is 19.8 Å². The van der Waals surface area contributed by atoms with Gasteiger partial charge in [0.2, 0.25) is 17.7 Å². The van der Waals surface area contributed by atoms with Crippen molar-refractivity contribution in [3.8, 4) is 17.0 Å². The summed E-state index contributed by atoms with van der Waals surface area (Å²) in [5, 5.41) is 3.21. The van der Waals surface area contributed by atoms with Gasteiger partial charge in [-0.2, -0.15) is 0 Å². The van der Waals surface area contributed by atoms with Crippen molar-refractivity contribution < 1.29 is 14.3 Å². The summed E-state index contributed by atoms with van der Waals surface area (Å²) < 4.78 is 5.26. The zero-order valence-corrected chi connectivity index (χ0v) is 18.3. The van der Waals surface area contributed by atoms with Gasteiger partial charge >= 0.3 is 0 Å². The number of ether oxygens (including phenoxy) is 1. The average molecular weight is 431 g/mol. The Balaban J connectivity index is 1.49. The molecule has 3 aromatic rings. The van der Waals surface area contributed by atoms with Gasteiger partial charge in [0.05, 0.1) is 19.0 Å². The van der Waals surface area contributed by atoms with E-state index in [0.717, 1.165) is 29.8 Å². The second-order valence-electron chi connectivity index (χ2n) is 7.58. The fourth-order valence-corrected chi connectivity index (χ4v) is 3.62. The van der Waals surface area contributed by atoms with E-state index in [1.165, 1.54) is 18.9 Å². The normalized spacial score (nSPS) is 13.2. The summed E-state index contributed by atoms with van der Waals surface area (Å²) in [4.78, 5) is 35.8. The maximum absolute atomic E-state index is 11.9. The van der Waals surface area contributed by atoms with Crippen molar-refractivity contribution in [1.29, 1.82) is 0 Å². The molecule has 2 aromatic heterocycles. The van der Waals surface area contributed by atoms with E-state index in [9.17, 15) is 9.59 Å². The number of nitrogens with one attached hydrogen (secondary N) is 1. The van der Waals surface area contributed by atoms with Gasteiger partial charge in [-0.05, 0) is 42.3 Å². The van der Waals surface area contributed by atoms with E-state index in [0.29, 0.717) is 29.5 Å². The first-order chi connectivity index (χ1) is 15.5. The van der Waals surface area contributed by atoms with Crippen LogP contribution in [0.4, 0.5) is 22.9 Å². The quantitative estimate of drug-likeness (QED) is 0.635. The number of carbonyl (C=O) groups excluding carboxylic acids is 2. The van der Waals surface area contributed by atoms with Crippen LogP contribution in [0.2, 0.25) is 0 Å². The fourth-order valence-electron chi connectivity index (χ4n) is 3.62. The first kappa shape index (κ1) is 21.3. The lowest BCUT2D eigenvalue weighted by Gasteiger charge is -2.18. The number of methoxy groups -OCH3 is 1. The predicted molar refractivity (Wildman–Crippen MR) is 124 cm³/mol. The lowest BCUT2D eigenvalue weighted by molar-refractivity contribution is -0.117.